The van der Waals surface area contributed by atoms with E-state index in [0.717, 1.165) is 43.2 Å². The summed E-state index contributed by atoms with van der Waals surface area (Å²) in [6.45, 7) is 2.60. The molecule has 9 aliphatic rings. The molecular formula is C53H64N4O18. The molecule has 2 saturated heterocycles. The third kappa shape index (κ3) is 9.05. The summed E-state index contributed by atoms with van der Waals surface area (Å²) < 4.78 is 30.3. The van der Waals surface area contributed by atoms with Gasteiger partial charge < -0.3 is 65.0 Å². The fraction of sp³-hybridized carbons (Fsp3) is 0.585. The minimum atomic E-state index is -1.97. The van der Waals surface area contributed by atoms with Gasteiger partial charge >= 0.3 is 12.1 Å². The number of ether oxygens (including phenoxy) is 5. The van der Waals surface area contributed by atoms with Crippen molar-refractivity contribution in [2.24, 2.45) is 45.3 Å². The zero-order valence-corrected chi connectivity index (χ0v) is 41.5. The number of carbonyl (C=O) groups excluding carboxylic acids is 5. The fourth-order valence-electron chi connectivity index (χ4n) is 14.8. The van der Waals surface area contributed by atoms with E-state index in [0.29, 0.717) is 30.5 Å². The van der Waals surface area contributed by atoms with Crippen LogP contribution in [0.15, 0.2) is 66.3 Å². The molecule has 22 nitrogen and oxygen atoms in total. The fourth-order valence-corrected chi connectivity index (χ4v) is 14.8. The maximum absolute atomic E-state index is 14.1. The summed E-state index contributed by atoms with van der Waals surface area (Å²) in [6.07, 6.45) is -1.87. The van der Waals surface area contributed by atoms with Crippen molar-refractivity contribution >= 4 is 46.8 Å². The number of hydrogen-bond acceptors (Lipinski definition) is 18. The van der Waals surface area contributed by atoms with Crippen LogP contribution in [0.25, 0.3) is 0 Å². The molecule has 22 heteroatoms. The van der Waals surface area contributed by atoms with E-state index in [1.165, 1.54) is 18.2 Å². The van der Waals surface area contributed by atoms with Gasteiger partial charge in [-0.3, -0.25) is 29.3 Å². The molecule has 404 valence electrons. The average Bonchev–Trinajstić information content (AvgIpc) is 3.84. The first-order valence-corrected chi connectivity index (χ1v) is 25.4. The first-order valence-electron chi connectivity index (χ1n) is 25.4. The van der Waals surface area contributed by atoms with Crippen LogP contribution in [0.5, 0.6) is 5.75 Å². The molecular weight excluding hydrogens is 981 g/mol. The highest BCUT2D eigenvalue weighted by Crippen LogP contribution is 2.79. The quantitative estimate of drug-likeness (QED) is 0.101. The molecule has 2 aromatic carbocycles. The van der Waals surface area contributed by atoms with Gasteiger partial charge in [-0.15, -0.1) is 0 Å². The predicted molar refractivity (Wildman–Crippen MR) is 258 cm³/mol. The molecule has 11 rings (SSSR count). The summed E-state index contributed by atoms with van der Waals surface area (Å²) in [4.78, 5) is 80.3. The summed E-state index contributed by atoms with van der Waals surface area (Å²) in [5, 5.41) is 70.8. The van der Waals surface area contributed by atoms with Crippen LogP contribution < -0.4 is 26.6 Å². The Morgan fingerprint density at radius 1 is 0.920 bits per heavy atom. The van der Waals surface area contributed by atoms with Crippen molar-refractivity contribution in [3.8, 4) is 5.75 Å². The van der Waals surface area contributed by atoms with Crippen molar-refractivity contribution in [1.29, 1.82) is 0 Å². The van der Waals surface area contributed by atoms with Gasteiger partial charge in [-0.1, -0.05) is 43.7 Å². The molecule has 2 bridgehead atoms. The van der Waals surface area contributed by atoms with Gasteiger partial charge in [0.2, 0.25) is 18.1 Å². The van der Waals surface area contributed by atoms with Gasteiger partial charge in [0.15, 0.2) is 29.6 Å². The number of aliphatic hydroxyl groups excluding tert-OH is 5. The van der Waals surface area contributed by atoms with E-state index >= 15 is 0 Å². The van der Waals surface area contributed by atoms with Crippen molar-refractivity contribution < 1.29 is 87.9 Å². The molecule has 0 aromatic heterocycles. The lowest BCUT2D eigenvalue weighted by Crippen LogP contribution is -2.69. The van der Waals surface area contributed by atoms with Gasteiger partial charge in [0.25, 0.3) is 0 Å². The van der Waals surface area contributed by atoms with Gasteiger partial charge in [-0.25, -0.2) is 15.5 Å². The monoisotopic (exact) mass is 1040 g/mol. The van der Waals surface area contributed by atoms with Crippen LogP contribution in [0.3, 0.4) is 0 Å². The van der Waals surface area contributed by atoms with Crippen LogP contribution in [-0.2, 0) is 60.8 Å². The second-order valence-electron chi connectivity index (χ2n) is 22.5. The van der Waals surface area contributed by atoms with Gasteiger partial charge in [0.1, 0.15) is 43.9 Å². The molecule has 6 saturated carbocycles. The van der Waals surface area contributed by atoms with Crippen LogP contribution in [0, 0.1) is 39.4 Å². The number of benzene rings is 2. The summed E-state index contributed by atoms with van der Waals surface area (Å²) in [5.74, 6) is 1.41. The smallest absolute Gasteiger partial charge is 0.411 e. The largest absolute Gasteiger partial charge is 0.479 e. The standard InChI is InChI=1S/C53H64N4O18/c1-49-12-10-30(59)16-28(49)7-8-31-32-17-37-53(36(61)20-58,50(32,2)19-34(60)40(31)49)75-47(73-37)52-23-51(24-52,25-52)18-26-4-3-5-29(14-26)56-48(69)70-21-27-6-9-35(33(15-27)57-38(62)11-13-55-39(63)22-71-54)72-46-43(66)41(64)42(65)44(74-46)45(67)68/h3-6,9-10,12,14-16,31-32,34,37,40-44,46-47,58,60,64-66H,7-8,11,13,17-25,54H2,1-2H3,(H,55,63)(H,56,69)(H,57,62)(H,67,68)/t31-,32-,34-,37+,40+,41-,42-,43+,44-,46+,47-,49-,50-,51?,52?,53+/m0/s1. The van der Waals surface area contributed by atoms with E-state index in [1.54, 1.807) is 18.2 Å². The number of carbonyl (C=O) groups is 6. The molecule has 3 amide bonds. The molecule has 2 aliphatic heterocycles. The summed E-state index contributed by atoms with van der Waals surface area (Å²) in [7, 11) is 0. The van der Waals surface area contributed by atoms with Crippen molar-refractivity contribution in [2.45, 2.75) is 133 Å². The molecule has 7 aliphatic carbocycles. The lowest BCUT2D eigenvalue weighted by atomic mass is 9.33. The molecule has 2 aromatic rings. The zero-order valence-electron chi connectivity index (χ0n) is 41.5. The highest BCUT2D eigenvalue weighted by atomic mass is 16.7. The Balaban J connectivity index is 0.757. The second kappa shape index (κ2) is 19.7. The van der Waals surface area contributed by atoms with Gasteiger partial charge in [0, 0.05) is 40.8 Å². The van der Waals surface area contributed by atoms with Gasteiger partial charge in [-0.2, -0.15) is 0 Å². The maximum atomic E-state index is 14.1. The molecule has 8 fully saturated rings. The Morgan fingerprint density at radius 2 is 1.69 bits per heavy atom. The lowest BCUT2D eigenvalue weighted by Gasteiger charge is -2.72. The van der Waals surface area contributed by atoms with Crippen LogP contribution in [-0.4, -0.2) is 141 Å². The van der Waals surface area contributed by atoms with Crippen molar-refractivity contribution in [3.05, 3.63) is 77.4 Å². The number of fused-ring (bicyclic) bond motifs is 7. The van der Waals surface area contributed by atoms with Crippen LogP contribution in [0.2, 0.25) is 0 Å². The summed E-state index contributed by atoms with van der Waals surface area (Å²) >= 11 is 0. The van der Waals surface area contributed by atoms with E-state index in [1.807, 2.05) is 31.2 Å². The Kier molecular flexibility index (Phi) is 13.9. The number of carboxylic acids is 1. The third-order valence-corrected chi connectivity index (χ3v) is 17.9. The average molecular weight is 1050 g/mol. The summed E-state index contributed by atoms with van der Waals surface area (Å²) in [6, 6.07) is 11.6. The van der Waals surface area contributed by atoms with E-state index in [2.05, 4.69) is 27.7 Å². The Bertz CT molecular complexity index is 2690. The number of nitrogens with two attached hydrogens (primary N) is 1. The maximum Gasteiger partial charge on any atom is 0.411 e. The molecule has 0 radical (unpaired) electrons. The predicted octanol–water partition coefficient (Wildman–Crippen LogP) is 1.68. The Labute approximate surface area is 430 Å². The van der Waals surface area contributed by atoms with E-state index in [-0.39, 0.29) is 65.4 Å². The topological polar surface area (TPSA) is 341 Å². The van der Waals surface area contributed by atoms with E-state index in [4.69, 9.17) is 29.6 Å². The lowest BCUT2D eigenvalue weighted by molar-refractivity contribution is -0.323. The number of rotatable bonds is 17. The Hall–Kier alpha value is -5.66. The number of aliphatic carboxylic acids is 1. The zero-order chi connectivity index (χ0) is 53.4. The highest BCUT2D eigenvalue weighted by Gasteiger charge is 2.80. The molecule has 14 atom stereocenters. The first-order chi connectivity index (χ1) is 35.7. The van der Waals surface area contributed by atoms with Crippen molar-refractivity contribution in [1.82, 2.24) is 5.32 Å². The normalized spacial score (nSPS) is 38.7. The number of amides is 3. The number of carboxylic acid groups (broad SMARTS) is 1. The van der Waals surface area contributed by atoms with Gasteiger partial charge in [0.05, 0.1) is 17.9 Å². The van der Waals surface area contributed by atoms with Crippen molar-refractivity contribution in [3.63, 3.8) is 0 Å². The molecule has 2 heterocycles. The number of hydrogen-bond donors (Lipinski definition) is 10. The van der Waals surface area contributed by atoms with Crippen LogP contribution in [0.1, 0.15) is 76.3 Å². The number of aliphatic hydroxyl groups is 5. The number of anilines is 2. The minimum Gasteiger partial charge on any atom is -0.479 e. The van der Waals surface area contributed by atoms with Crippen LogP contribution in [0.4, 0.5) is 16.2 Å². The highest BCUT2D eigenvalue weighted by molar-refractivity contribution is 6.01. The number of Topliss-reactive ketones (excluding diaryl/α,β-unsaturated/α-hetero) is 1. The SMILES string of the molecule is C[C@]12C=CC(=O)C=C1CC[C@@H]1[C@@H]2[C@@H](O)C[C@@]2(C)[C@H]1C[C@H]1O[C@H](C34CC(Cc5cccc(NC(=O)OCc6ccc(O[C@@H]7O[C@H](C(=O)O)[C@@H](O)[C@H](O)[C@H]7O)c(NC(=O)CCNC(=O)CON)c6)c5)(C3)C4)O[C@]12C(=O)CO. The van der Waals surface area contributed by atoms with Crippen molar-refractivity contribution in [2.75, 3.05) is 30.4 Å². The third-order valence-electron chi connectivity index (χ3n) is 17.9. The summed E-state index contributed by atoms with van der Waals surface area (Å²) in [5.41, 5.74) is -0.216. The van der Waals surface area contributed by atoms with E-state index < -0.39 is 109 Å². The number of ketones is 2. The number of nitrogens with one attached hydrogen (secondary N) is 3. The second-order valence-corrected chi connectivity index (χ2v) is 22.5. The number of allylic oxidation sites excluding steroid dienone is 4. The Morgan fingerprint density at radius 3 is 2.43 bits per heavy atom. The molecule has 75 heavy (non-hydrogen) atoms. The first kappa shape index (κ1) is 52.8. The molecule has 0 unspecified atom stereocenters. The van der Waals surface area contributed by atoms with Gasteiger partial charge in [-0.05, 0) is 116 Å². The van der Waals surface area contributed by atoms with Crippen LogP contribution >= 0.6 is 0 Å². The molecule has 0 spiro atoms. The molecule has 11 N–H and O–H groups in total. The minimum absolute atomic E-state index is 0.00263. The van der Waals surface area contributed by atoms with E-state index in [9.17, 15) is 59.4 Å².